The van der Waals surface area contributed by atoms with Gasteiger partial charge in [0.2, 0.25) is 0 Å². The van der Waals surface area contributed by atoms with E-state index in [9.17, 15) is 4.39 Å². The molecule has 0 amide bonds. The maximum atomic E-state index is 12.6. The lowest BCUT2D eigenvalue weighted by Crippen LogP contribution is -2.23. The Morgan fingerprint density at radius 2 is 1.88 bits per heavy atom. The molecule has 1 aromatic carbocycles. The second kappa shape index (κ2) is 7.18. The first kappa shape index (κ1) is 13.9. The van der Waals surface area contributed by atoms with Gasteiger partial charge in [-0.15, -0.1) is 11.8 Å². The van der Waals surface area contributed by atoms with Crippen molar-refractivity contribution < 1.29 is 4.39 Å². The molecule has 0 saturated carbocycles. The van der Waals surface area contributed by atoms with Crippen molar-refractivity contribution in [2.45, 2.75) is 4.90 Å². The zero-order valence-corrected chi connectivity index (χ0v) is 10.7. The molecule has 1 rings (SSSR count). The van der Waals surface area contributed by atoms with Crippen LogP contribution in [0.15, 0.2) is 34.2 Å². The number of amidine groups is 1. The second-order valence-electron chi connectivity index (χ2n) is 2.99. The lowest BCUT2D eigenvalue weighted by Gasteiger charge is -2.01. The third kappa shape index (κ3) is 6.18. The number of hydrogen-bond acceptors (Lipinski definition) is 3. The van der Waals surface area contributed by atoms with E-state index in [1.807, 2.05) is 0 Å². The molecule has 0 aliphatic rings. The summed E-state index contributed by atoms with van der Waals surface area (Å²) in [6, 6.07) is 6.31. The van der Waals surface area contributed by atoms with Gasteiger partial charge in [-0.1, -0.05) is 11.8 Å². The first-order valence-corrected chi connectivity index (χ1v) is 6.74. The fraction of sp³-hybridized carbons (Fsp3) is 0.200. The molecule has 0 aromatic heterocycles. The third-order valence-electron chi connectivity index (χ3n) is 1.64. The standard InChI is InChI=1S/C10H13FN4S2/c11-7-1-3-8(4-2-7)16-5-6-17-10(14)15-9(12)13/h1-4H,5-6H2,(H5,12,13,14,15). The zero-order chi connectivity index (χ0) is 12.7. The van der Waals surface area contributed by atoms with Gasteiger partial charge >= 0.3 is 0 Å². The predicted molar refractivity (Wildman–Crippen MR) is 73.1 cm³/mol. The highest BCUT2D eigenvalue weighted by Crippen LogP contribution is 2.19. The maximum Gasteiger partial charge on any atom is 0.193 e. The molecule has 0 radical (unpaired) electrons. The van der Waals surface area contributed by atoms with Crippen LogP contribution in [0.4, 0.5) is 4.39 Å². The van der Waals surface area contributed by atoms with Crippen LogP contribution < -0.4 is 11.5 Å². The molecule has 0 bridgehead atoms. The van der Waals surface area contributed by atoms with Crippen LogP contribution in [0.5, 0.6) is 0 Å². The number of aliphatic imine (C=N–C) groups is 1. The van der Waals surface area contributed by atoms with E-state index in [4.69, 9.17) is 16.9 Å². The number of rotatable bonds is 4. The van der Waals surface area contributed by atoms with Gasteiger partial charge in [0.1, 0.15) is 5.82 Å². The van der Waals surface area contributed by atoms with Gasteiger partial charge in [-0.2, -0.15) is 4.99 Å². The summed E-state index contributed by atoms with van der Waals surface area (Å²) in [7, 11) is 0. The van der Waals surface area contributed by atoms with Gasteiger partial charge in [0.25, 0.3) is 0 Å². The van der Waals surface area contributed by atoms with E-state index in [0.29, 0.717) is 0 Å². The van der Waals surface area contributed by atoms with E-state index in [0.717, 1.165) is 16.4 Å². The highest BCUT2D eigenvalue weighted by Gasteiger charge is 1.98. The number of benzene rings is 1. The normalized spacial score (nSPS) is 9.94. The molecule has 0 spiro atoms. The number of guanidine groups is 1. The highest BCUT2D eigenvalue weighted by atomic mass is 32.2. The predicted octanol–water partition coefficient (Wildman–Crippen LogP) is 1.86. The summed E-state index contributed by atoms with van der Waals surface area (Å²) < 4.78 is 12.6. The largest absolute Gasteiger partial charge is 0.370 e. The summed E-state index contributed by atoms with van der Waals surface area (Å²) in [5, 5.41) is 7.49. The average Bonchev–Trinajstić information content (AvgIpc) is 2.26. The molecule has 1 aromatic rings. The van der Waals surface area contributed by atoms with Gasteiger partial charge in [0, 0.05) is 16.4 Å². The molecule has 92 valence electrons. The third-order valence-corrected chi connectivity index (χ3v) is 3.68. The van der Waals surface area contributed by atoms with E-state index < -0.39 is 0 Å². The number of nitrogens with two attached hydrogens (primary N) is 2. The summed E-state index contributed by atoms with van der Waals surface area (Å²) in [5.41, 5.74) is 10.3. The van der Waals surface area contributed by atoms with E-state index >= 15 is 0 Å². The Kier molecular flexibility index (Phi) is 5.85. The molecule has 0 unspecified atom stereocenters. The van der Waals surface area contributed by atoms with Gasteiger partial charge in [0.15, 0.2) is 11.1 Å². The van der Waals surface area contributed by atoms with Crippen molar-refractivity contribution in [2.75, 3.05) is 11.5 Å². The Morgan fingerprint density at radius 1 is 1.24 bits per heavy atom. The van der Waals surface area contributed by atoms with Crippen LogP contribution in [0.3, 0.4) is 0 Å². The number of thioether (sulfide) groups is 2. The van der Waals surface area contributed by atoms with Crippen molar-refractivity contribution in [3.8, 4) is 0 Å². The molecule has 0 aliphatic carbocycles. The Labute approximate surface area is 108 Å². The summed E-state index contributed by atoms with van der Waals surface area (Å²) in [4.78, 5) is 4.59. The fourth-order valence-corrected chi connectivity index (χ4v) is 2.57. The summed E-state index contributed by atoms with van der Waals surface area (Å²) in [5.74, 6) is 1.18. The molecule has 7 heteroatoms. The average molecular weight is 272 g/mol. The fourth-order valence-electron chi connectivity index (χ4n) is 0.978. The maximum absolute atomic E-state index is 12.6. The quantitative estimate of drug-likeness (QED) is 0.338. The minimum atomic E-state index is -0.238. The lowest BCUT2D eigenvalue weighted by atomic mass is 10.4. The van der Waals surface area contributed by atoms with Gasteiger partial charge in [-0.05, 0) is 24.3 Å². The van der Waals surface area contributed by atoms with Gasteiger partial charge < -0.3 is 11.5 Å². The van der Waals surface area contributed by atoms with Crippen molar-refractivity contribution >= 4 is 34.7 Å². The van der Waals surface area contributed by atoms with E-state index in [1.165, 1.54) is 23.9 Å². The van der Waals surface area contributed by atoms with Crippen molar-refractivity contribution in [3.63, 3.8) is 0 Å². The minimum Gasteiger partial charge on any atom is -0.370 e. The smallest absolute Gasteiger partial charge is 0.193 e. The molecule has 17 heavy (non-hydrogen) atoms. The Morgan fingerprint density at radius 3 is 2.47 bits per heavy atom. The summed E-state index contributed by atoms with van der Waals surface area (Å²) >= 11 is 2.86. The molecular weight excluding hydrogens is 259 g/mol. The number of nitrogens with one attached hydrogen (secondary N) is 1. The van der Waals surface area contributed by atoms with Crippen molar-refractivity contribution in [1.29, 1.82) is 5.41 Å². The molecule has 0 fully saturated rings. The first-order valence-electron chi connectivity index (χ1n) is 4.77. The van der Waals surface area contributed by atoms with E-state index in [1.54, 1.807) is 23.9 Å². The monoisotopic (exact) mass is 272 g/mol. The van der Waals surface area contributed by atoms with Crippen molar-refractivity contribution in [2.24, 2.45) is 16.5 Å². The minimum absolute atomic E-state index is 0.102. The Bertz CT molecular complexity index is 401. The first-order chi connectivity index (χ1) is 8.08. The molecule has 5 N–H and O–H groups in total. The van der Waals surface area contributed by atoms with E-state index in [-0.39, 0.29) is 16.9 Å². The molecule has 0 aliphatic heterocycles. The SMILES string of the molecule is N=C(N=C(N)N)SCCSc1ccc(F)cc1. The molecule has 4 nitrogen and oxygen atoms in total. The second-order valence-corrected chi connectivity index (χ2v) is 5.24. The number of halogens is 1. The Balaban J connectivity index is 2.22. The van der Waals surface area contributed by atoms with Crippen LogP contribution in [0.2, 0.25) is 0 Å². The van der Waals surface area contributed by atoms with Crippen LogP contribution in [-0.2, 0) is 0 Å². The number of hydrogen-bond donors (Lipinski definition) is 3. The van der Waals surface area contributed by atoms with Crippen LogP contribution in [0.25, 0.3) is 0 Å². The Hall–Kier alpha value is -1.21. The van der Waals surface area contributed by atoms with Crippen LogP contribution in [0.1, 0.15) is 0 Å². The van der Waals surface area contributed by atoms with Gasteiger partial charge in [-0.25, -0.2) is 4.39 Å². The van der Waals surface area contributed by atoms with Crippen LogP contribution in [-0.4, -0.2) is 22.6 Å². The highest BCUT2D eigenvalue weighted by molar-refractivity contribution is 8.14. The molecule has 0 atom stereocenters. The summed E-state index contributed by atoms with van der Waals surface area (Å²) in [6.45, 7) is 0. The van der Waals surface area contributed by atoms with Crippen LogP contribution >= 0.6 is 23.5 Å². The van der Waals surface area contributed by atoms with Crippen molar-refractivity contribution in [1.82, 2.24) is 0 Å². The molecule has 0 saturated heterocycles. The molecular formula is C10H13FN4S2. The number of nitrogens with zero attached hydrogens (tertiary/aromatic N) is 1. The zero-order valence-electron chi connectivity index (χ0n) is 9.02. The van der Waals surface area contributed by atoms with Crippen molar-refractivity contribution in [3.05, 3.63) is 30.1 Å². The topological polar surface area (TPSA) is 88.2 Å². The van der Waals surface area contributed by atoms with Crippen LogP contribution in [0, 0.1) is 11.2 Å². The lowest BCUT2D eigenvalue weighted by molar-refractivity contribution is 0.626. The van der Waals surface area contributed by atoms with E-state index in [2.05, 4.69) is 4.99 Å². The van der Waals surface area contributed by atoms with Gasteiger partial charge in [0.05, 0.1) is 0 Å². The summed E-state index contributed by atoms with van der Waals surface area (Å²) in [6.07, 6.45) is 0. The molecule has 0 heterocycles. The van der Waals surface area contributed by atoms with Gasteiger partial charge in [-0.3, -0.25) is 5.41 Å².